The van der Waals surface area contributed by atoms with Crippen molar-refractivity contribution < 1.29 is 0 Å². The lowest BCUT2D eigenvalue weighted by Crippen LogP contribution is -2.33. The van der Waals surface area contributed by atoms with Gasteiger partial charge in [0.1, 0.15) is 0 Å². The number of hydrogen-bond acceptors (Lipinski definition) is 2. The number of nitrogens with zero attached hydrogens (tertiary/aromatic N) is 1. The Morgan fingerprint density at radius 2 is 2.08 bits per heavy atom. The molecule has 2 aliphatic rings. The largest absolute Gasteiger partial charge is 0.327 e. The molecule has 2 N–H and O–H groups in total. The van der Waals surface area contributed by atoms with Gasteiger partial charge >= 0.3 is 0 Å². The summed E-state index contributed by atoms with van der Waals surface area (Å²) in [5, 5.41) is 0. The lowest BCUT2D eigenvalue weighted by Gasteiger charge is -2.25. The van der Waals surface area contributed by atoms with E-state index >= 15 is 0 Å². The van der Waals surface area contributed by atoms with Crippen LogP contribution in [0.25, 0.3) is 0 Å². The zero-order valence-corrected chi connectivity index (χ0v) is 8.92. The Kier molecular flexibility index (Phi) is 2.37. The SMILES string of the molecule is CCC(CC)N1CCC2(C[C@H]2N)C1. The Morgan fingerprint density at radius 3 is 2.46 bits per heavy atom. The standard InChI is InChI=1S/C11H22N2/c1-3-9(4-2)13-6-5-11(8-13)7-10(11)12/h9-10H,3-8,12H2,1-2H3/t10-,11?/m1/s1. The maximum Gasteiger partial charge on any atom is 0.0115 e. The molecule has 2 atom stereocenters. The van der Waals surface area contributed by atoms with Crippen molar-refractivity contribution in [3.63, 3.8) is 0 Å². The van der Waals surface area contributed by atoms with E-state index in [9.17, 15) is 0 Å². The third-order valence-corrected chi connectivity index (χ3v) is 4.13. The maximum atomic E-state index is 5.98. The van der Waals surface area contributed by atoms with E-state index in [4.69, 9.17) is 5.73 Å². The first-order chi connectivity index (χ1) is 6.22. The zero-order valence-electron chi connectivity index (χ0n) is 8.92. The molecular weight excluding hydrogens is 160 g/mol. The van der Waals surface area contributed by atoms with Crippen LogP contribution in [0.15, 0.2) is 0 Å². The maximum absolute atomic E-state index is 5.98. The number of rotatable bonds is 3. The molecule has 0 aromatic heterocycles. The first-order valence-electron chi connectivity index (χ1n) is 5.71. The Balaban J connectivity index is 1.91. The first kappa shape index (κ1) is 9.47. The summed E-state index contributed by atoms with van der Waals surface area (Å²) in [4.78, 5) is 2.66. The normalized spacial score (nSPS) is 39.2. The summed E-state index contributed by atoms with van der Waals surface area (Å²) >= 11 is 0. The van der Waals surface area contributed by atoms with Gasteiger partial charge in [-0.25, -0.2) is 0 Å². The molecule has 2 heteroatoms. The molecule has 1 unspecified atom stereocenters. The van der Waals surface area contributed by atoms with Crippen molar-refractivity contribution in [1.82, 2.24) is 4.90 Å². The Bertz CT molecular complexity index is 189. The van der Waals surface area contributed by atoms with Crippen LogP contribution in [0.4, 0.5) is 0 Å². The molecule has 2 nitrogen and oxygen atoms in total. The molecule has 1 aliphatic heterocycles. The van der Waals surface area contributed by atoms with Crippen molar-refractivity contribution in [3.8, 4) is 0 Å². The van der Waals surface area contributed by atoms with Gasteiger partial charge in [-0.15, -0.1) is 0 Å². The van der Waals surface area contributed by atoms with E-state index in [0.29, 0.717) is 11.5 Å². The van der Waals surface area contributed by atoms with Crippen LogP contribution in [0.3, 0.4) is 0 Å². The summed E-state index contributed by atoms with van der Waals surface area (Å²) in [5.41, 5.74) is 6.54. The third-order valence-electron chi connectivity index (χ3n) is 4.13. The molecule has 0 aromatic rings. The van der Waals surface area contributed by atoms with Gasteiger partial charge < -0.3 is 5.73 Å². The molecule has 0 radical (unpaired) electrons. The molecule has 1 saturated carbocycles. The molecule has 2 rings (SSSR count). The Labute approximate surface area is 81.5 Å². The van der Waals surface area contributed by atoms with E-state index < -0.39 is 0 Å². The summed E-state index contributed by atoms with van der Waals surface area (Å²) in [6, 6.07) is 1.33. The highest BCUT2D eigenvalue weighted by molar-refractivity contribution is 5.11. The summed E-state index contributed by atoms with van der Waals surface area (Å²) < 4.78 is 0. The molecular formula is C11H22N2. The number of likely N-dealkylation sites (tertiary alicyclic amines) is 1. The molecule has 0 amide bonds. The van der Waals surface area contributed by atoms with Crippen molar-refractivity contribution in [2.75, 3.05) is 13.1 Å². The minimum Gasteiger partial charge on any atom is -0.327 e. The van der Waals surface area contributed by atoms with E-state index in [1.165, 1.54) is 38.8 Å². The van der Waals surface area contributed by atoms with Crippen molar-refractivity contribution in [1.29, 1.82) is 0 Å². The van der Waals surface area contributed by atoms with Crippen LogP contribution in [-0.4, -0.2) is 30.1 Å². The van der Waals surface area contributed by atoms with Crippen LogP contribution >= 0.6 is 0 Å². The summed E-state index contributed by atoms with van der Waals surface area (Å²) in [6.45, 7) is 7.17. The van der Waals surface area contributed by atoms with Crippen LogP contribution in [0, 0.1) is 5.41 Å². The van der Waals surface area contributed by atoms with Crippen molar-refractivity contribution in [2.24, 2.45) is 11.1 Å². The number of hydrogen-bond donors (Lipinski definition) is 1. The Morgan fingerprint density at radius 1 is 1.46 bits per heavy atom. The monoisotopic (exact) mass is 182 g/mol. The fourth-order valence-electron chi connectivity index (χ4n) is 2.89. The highest BCUT2D eigenvalue weighted by Gasteiger charge is 2.55. The van der Waals surface area contributed by atoms with E-state index in [1.54, 1.807) is 0 Å². The fourth-order valence-corrected chi connectivity index (χ4v) is 2.89. The molecule has 1 aliphatic carbocycles. The van der Waals surface area contributed by atoms with Gasteiger partial charge in [-0.1, -0.05) is 13.8 Å². The van der Waals surface area contributed by atoms with Gasteiger partial charge in [-0.2, -0.15) is 0 Å². The van der Waals surface area contributed by atoms with E-state index in [0.717, 1.165) is 6.04 Å². The van der Waals surface area contributed by atoms with E-state index in [-0.39, 0.29) is 0 Å². The predicted octanol–water partition coefficient (Wildman–Crippen LogP) is 1.60. The van der Waals surface area contributed by atoms with Gasteiger partial charge in [-0.3, -0.25) is 4.90 Å². The second-order valence-electron chi connectivity index (χ2n) is 4.86. The molecule has 2 fully saturated rings. The first-order valence-corrected chi connectivity index (χ1v) is 5.71. The lowest BCUT2D eigenvalue weighted by molar-refractivity contribution is 0.218. The second-order valence-corrected chi connectivity index (χ2v) is 4.86. The van der Waals surface area contributed by atoms with E-state index in [2.05, 4.69) is 18.7 Å². The van der Waals surface area contributed by atoms with Crippen LogP contribution in [-0.2, 0) is 0 Å². The topological polar surface area (TPSA) is 29.3 Å². The molecule has 1 spiro atoms. The van der Waals surface area contributed by atoms with Gasteiger partial charge in [0.25, 0.3) is 0 Å². The Hall–Kier alpha value is -0.0800. The average molecular weight is 182 g/mol. The van der Waals surface area contributed by atoms with Crippen molar-refractivity contribution in [2.45, 2.75) is 51.6 Å². The van der Waals surface area contributed by atoms with Crippen LogP contribution < -0.4 is 5.73 Å². The molecule has 1 heterocycles. The quantitative estimate of drug-likeness (QED) is 0.718. The summed E-state index contributed by atoms with van der Waals surface area (Å²) in [5.74, 6) is 0. The second kappa shape index (κ2) is 3.25. The van der Waals surface area contributed by atoms with Crippen LogP contribution in [0.1, 0.15) is 39.5 Å². The highest BCUT2D eigenvalue weighted by atomic mass is 15.2. The van der Waals surface area contributed by atoms with Crippen molar-refractivity contribution in [3.05, 3.63) is 0 Å². The van der Waals surface area contributed by atoms with Crippen molar-refractivity contribution >= 4 is 0 Å². The zero-order chi connectivity index (χ0) is 9.47. The van der Waals surface area contributed by atoms with Gasteiger partial charge in [0.05, 0.1) is 0 Å². The number of nitrogens with two attached hydrogens (primary N) is 1. The summed E-state index contributed by atoms with van der Waals surface area (Å²) in [6.07, 6.45) is 5.22. The molecule has 13 heavy (non-hydrogen) atoms. The molecule has 0 bridgehead atoms. The fraction of sp³-hybridized carbons (Fsp3) is 1.00. The predicted molar refractivity (Wildman–Crippen MR) is 55.6 cm³/mol. The molecule has 76 valence electrons. The highest BCUT2D eigenvalue weighted by Crippen LogP contribution is 2.52. The molecule has 1 saturated heterocycles. The average Bonchev–Trinajstić information content (AvgIpc) is 2.58. The van der Waals surface area contributed by atoms with Gasteiger partial charge in [0, 0.05) is 24.0 Å². The minimum atomic E-state index is 0.520. The minimum absolute atomic E-state index is 0.520. The summed E-state index contributed by atoms with van der Waals surface area (Å²) in [7, 11) is 0. The van der Waals surface area contributed by atoms with Crippen LogP contribution in [0.5, 0.6) is 0 Å². The van der Waals surface area contributed by atoms with Crippen LogP contribution in [0.2, 0.25) is 0 Å². The van der Waals surface area contributed by atoms with E-state index in [1.807, 2.05) is 0 Å². The van der Waals surface area contributed by atoms with Gasteiger partial charge in [-0.05, 0) is 32.2 Å². The van der Waals surface area contributed by atoms with Gasteiger partial charge in [0.15, 0.2) is 0 Å². The smallest absolute Gasteiger partial charge is 0.0115 e. The van der Waals surface area contributed by atoms with Gasteiger partial charge in [0.2, 0.25) is 0 Å². The molecule has 0 aromatic carbocycles. The lowest BCUT2D eigenvalue weighted by atomic mass is 10.1. The third kappa shape index (κ3) is 1.50.